The van der Waals surface area contributed by atoms with Crippen LogP contribution in [0.5, 0.6) is 0 Å². The lowest BCUT2D eigenvalue weighted by Crippen LogP contribution is -2.50. The van der Waals surface area contributed by atoms with Gasteiger partial charge in [-0.2, -0.15) is 0 Å². The second kappa shape index (κ2) is 8.00. The fourth-order valence-electron chi connectivity index (χ4n) is 3.50. The second-order valence-electron chi connectivity index (χ2n) is 7.08. The highest BCUT2D eigenvalue weighted by atomic mass is 16.2. The zero-order chi connectivity index (χ0) is 17.8. The summed E-state index contributed by atoms with van der Waals surface area (Å²) in [5, 5.41) is 3.13. The van der Waals surface area contributed by atoms with E-state index in [1.807, 2.05) is 4.90 Å². The van der Waals surface area contributed by atoms with Crippen LogP contribution in [-0.4, -0.2) is 54.3 Å². The first-order chi connectivity index (χ1) is 12.1. The van der Waals surface area contributed by atoms with Gasteiger partial charge in [-0.3, -0.25) is 14.5 Å². The highest BCUT2D eigenvalue weighted by molar-refractivity contribution is 5.94. The van der Waals surface area contributed by atoms with Gasteiger partial charge in [-0.1, -0.05) is 32.0 Å². The lowest BCUT2D eigenvalue weighted by atomic mass is 10.0. The van der Waals surface area contributed by atoms with Crippen molar-refractivity contribution in [3.63, 3.8) is 0 Å². The van der Waals surface area contributed by atoms with Crippen molar-refractivity contribution in [1.82, 2.24) is 9.80 Å². The van der Waals surface area contributed by atoms with E-state index in [0.29, 0.717) is 12.5 Å². The molecule has 3 rings (SSSR count). The Balaban J connectivity index is 1.53. The molecule has 0 aromatic heterocycles. The Morgan fingerprint density at radius 1 is 1.04 bits per heavy atom. The van der Waals surface area contributed by atoms with E-state index < -0.39 is 0 Å². The van der Waals surface area contributed by atoms with Gasteiger partial charge in [0.25, 0.3) is 0 Å². The molecule has 1 aliphatic heterocycles. The van der Waals surface area contributed by atoms with Gasteiger partial charge in [0.15, 0.2) is 0 Å². The van der Waals surface area contributed by atoms with Crippen LogP contribution in [0, 0.1) is 5.92 Å². The van der Waals surface area contributed by atoms with E-state index in [9.17, 15) is 9.59 Å². The summed E-state index contributed by atoms with van der Waals surface area (Å²) < 4.78 is 0. The standard InChI is InChI=1S/C20H29N3O2/c1-3-15-6-5-7-16(4-2)19(15)21-18(24)14-22-10-12-23(13-11-22)20(25)17-8-9-17/h5-7,17H,3-4,8-14H2,1-2H3,(H,21,24). The number of nitrogens with one attached hydrogen (secondary N) is 1. The number of rotatable bonds is 6. The minimum atomic E-state index is 0.0394. The van der Waals surface area contributed by atoms with E-state index in [1.165, 1.54) is 11.1 Å². The SMILES string of the molecule is CCc1cccc(CC)c1NC(=O)CN1CCN(C(=O)C2CC2)CC1. The number of benzene rings is 1. The fraction of sp³-hybridized carbons (Fsp3) is 0.600. The molecule has 5 nitrogen and oxygen atoms in total. The normalized spacial score (nSPS) is 18.2. The van der Waals surface area contributed by atoms with Crippen LogP contribution in [0.2, 0.25) is 0 Å². The van der Waals surface area contributed by atoms with Gasteiger partial charge in [0, 0.05) is 37.8 Å². The smallest absolute Gasteiger partial charge is 0.238 e. The Bertz CT molecular complexity index is 610. The summed E-state index contributed by atoms with van der Waals surface area (Å²) in [6.07, 6.45) is 3.92. The van der Waals surface area contributed by atoms with E-state index in [2.05, 4.69) is 42.3 Å². The Kier molecular flexibility index (Phi) is 5.74. The number of carbonyl (C=O) groups is 2. The summed E-state index contributed by atoms with van der Waals surface area (Å²) in [6.45, 7) is 7.67. The number of nitrogens with zero attached hydrogens (tertiary/aromatic N) is 2. The van der Waals surface area contributed by atoms with E-state index in [-0.39, 0.29) is 11.8 Å². The molecule has 1 heterocycles. The van der Waals surface area contributed by atoms with Crippen LogP contribution in [0.1, 0.15) is 37.8 Å². The third-order valence-electron chi connectivity index (χ3n) is 5.24. The predicted octanol–water partition coefficient (Wildman–Crippen LogP) is 2.30. The van der Waals surface area contributed by atoms with Gasteiger partial charge < -0.3 is 10.2 Å². The molecule has 1 saturated carbocycles. The number of hydrogen-bond donors (Lipinski definition) is 1. The maximum atomic E-state index is 12.5. The Hall–Kier alpha value is -1.88. The molecule has 0 radical (unpaired) electrons. The van der Waals surface area contributed by atoms with E-state index in [4.69, 9.17) is 0 Å². The highest BCUT2D eigenvalue weighted by Crippen LogP contribution is 2.31. The van der Waals surface area contributed by atoms with Crippen LogP contribution in [0.4, 0.5) is 5.69 Å². The van der Waals surface area contributed by atoms with E-state index >= 15 is 0 Å². The van der Waals surface area contributed by atoms with Crippen LogP contribution in [-0.2, 0) is 22.4 Å². The number of aryl methyl sites for hydroxylation is 2. The van der Waals surface area contributed by atoms with Gasteiger partial charge in [0.1, 0.15) is 0 Å². The third kappa shape index (κ3) is 4.40. The number of para-hydroxylation sites is 1. The van der Waals surface area contributed by atoms with Crippen molar-refractivity contribution in [2.75, 3.05) is 38.0 Å². The molecule has 5 heteroatoms. The summed E-state index contributed by atoms with van der Waals surface area (Å²) in [6, 6.07) is 6.22. The van der Waals surface area contributed by atoms with Crippen molar-refractivity contribution in [2.24, 2.45) is 5.92 Å². The van der Waals surface area contributed by atoms with Crippen molar-refractivity contribution in [1.29, 1.82) is 0 Å². The quantitative estimate of drug-likeness (QED) is 0.862. The van der Waals surface area contributed by atoms with Crippen LogP contribution >= 0.6 is 0 Å². The molecule has 0 unspecified atom stereocenters. The predicted molar refractivity (Wildman–Crippen MR) is 99.6 cm³/mol. The molecule has 136 valence electrons. The molecule has 1 aromatic carbocycles. The molecule has 0 atom stereocenters. The minimum Gasteiger partial charge on any atom is -0.340 e. The first-order valence-corrected chi connectivity index (χ1v) is 9.54. The summed E-state index contributed by atoms with van der Waals surface area (Å²) in [7, 11) is 0. The van der Waals surface area contributed by atoms with E-state index in [1.54, 1.807) is 0 Å². The van der Waals surface area contributed by atoms with Crippen LogP contribution in [0.25, 0.3) is 0 Å². The molecule has 1 N–H and O–H groups in total. The topological polar surface area (TPSA) is 52.7 Å². The van der Waals surface area contributed by atoms with Crippen LogP contribution in [0.15, 0.2) is 18.2 Å². The molecule has 2 fully saturated rings. The number of amides is 2. The molecule has 1 aromatic rings. The summed E-state index contributed by atoms with van der Waals surface area (Å²) >= 11 is 0. The monoisotopic (exact) mass is 343 g/mol. The Labute approximate surface area is 150 Å². The Morgan fingerprint density at radius 2 is 1.64 bits per heavy atom. The average molecular weight is 343 g/mol. The molecule has 0 spiro atoms. The van der Waals surface area contributed by atoms with Crippen molar-refractivity contribution < 1.29 is 9.59 Å². The minimum absolute atomic E-state index is 0.0394. The average Bonchev–Trinajstić information content (AvgIpc) is 3.47. The maximum absolute atomic E-state index is 12.5. The lowest BCUT2D eigenvalue weighted by Gasteiger charge is -2.34. The van der Waals surface area contributed by atoms with Gasteiger partial charge in [0.05, 0.1) is 6.54 Å². The van der Waals surface area contributed by atoms with E-state index in [0.717, 1.165) is 57.5 Å². The summed E-state index contributed by atoms with van der Waals surface area (Å²) in [5.74, 6) is 0.638. The lowest BCUT2D eigenvalue weighted by molar-refractivity contribution is -0.134. The fourth-order valence-corrected chi connectivity index (χ4v) is 3.50. The van der Waals surface area contributed by atoms with Gasteiger partial charge >= 0.3 is 0 Å². The maximum Gasteiger partial charge on any atom is 0.238 e. The molecule has 0 bridgehead atoms. The number of hydrogen-bond acceptors (Lipinski definition) is 3. The molecular weight excluding hydrogens is 314 g/mol. The molecule has 2 aliphatic rings. The molecule has 1 aliphatic carbocycles. The van der Waals surface area contributed by atoms with Gasteiger partial charge in [-0.25, -0.2) is 0 Å². The molecular formula is C20H29N3O2. The first-order valence-electron chi connectivity index (χ1n) is 9.54. The van der Waals surface area contributed by atoms with Crippen molar-refractivity contribution >= 4 is 17.5 Å². The summed E-state index contributed by atoms with van der Waals surface area (Å²) in [5.41, 5.74) is 3.36. The Morgan fingerprint density at radius 3 is 2.16 bits per heavy atom. The molecule has 2 amide bonds. The van der Waals surface area contributed by atoms with Crippen molar-refractivity contribution in [3.05, 3.63) is 29.3 Å². The number of anilines is 1. The van der Waals surface area contributed by atoms with Crippen molar-refractivity contribution in [2.45, 2.75) is 39.5 Å². The van der Waals surface area contributed by atoms with Gasteiger partial charge in [-0.15, -0.1) is 0 Å². The number of piperazine rings is 1. The van der Waals surface area contributed by atoms with Gasteiger partial charge in [-0.05, 0) is 36.8 Å². The second-order valence-corrected chi connectivity index (χ2v) is 7.08. The van der Waals surface area contributed by atoms with Crippen molar-refractivity contribution in [3.8, 4) is 0 Å². The zero-order valence-corrected chi connectivity index (χ0v) is 15.4. The number of carbonyl (C=O) groups excluding carboxylic acids is 2. The first kappa shape index (κ1) is 17.9. The molecule has 25 heavy (non-hydrogen) atoms. The largest absolute Gasteiger partial charge is 0.340 e. The highest BCUT2D eigenvalue weighted by Gasteiger charge is 2.34. The summed E-state index contributed by atoms with van der Waals surface area (Å²) in [4.78, 5) is 28.7. The zero-order valence-electron chi connectivity index (χ0n) is 15.4. The van der Waals surface area contributed by atoms with Crippen LogP contribution < -0.4 is 5.32 Å². The van der Waals surface area contributed by atoms with Crippen LogP contribution in [0.3, 0.4) is 0 Å². The van der Waals surface area contributed by atoms with Gasteiger partial charge in [0.2, 0.25) is 11.8 Å². The third-order valence-corrected chi connectivity index (χ3v) is 5.24. The molecule has 1 saturated heterocycles.